The first kappa shape index (κ1) is 15.4. The van der Waals surface area contributed by atoms with Crippen molar-refractivity contribution in [3.63, 3.8) is 0 Å². The van der Waals surface area contributed by atoms with Crippen LogP contribution in [0.15, 0.2) is 24.3 Å². The molecule has 112 valence electrons. The lowest BCUT2D eigenvalue weighted by molar-refractivity contribution is 0.359. The topological polar surface area (TPSA) is 22.1 Å². The number of hydrogen-bond acceptors (Lipinski definition) is 2. The lowest BCUT2D eigenvalue weighted by atomic mass is 9.95. The summed E-state index contributed by atoms with van der Waals surface area (Å²) in [5.41, 5.74) is 1.79. The van der Waals surface area contributed by atoms with E-state index in [1.165, 1.54) is 25.3 Å². The maximum atomic E-state index is 13.7. The zero-order chi connectivity index (χ0) is 15.6. The van der Waals surface area contributed by atoms with Gasteiger partial charge in [0.05, 0.1) is 7.11 Å². The fraction of sp³-hybridized carbons (Fsp3) is 0.312. The van der Waals surface area contributed by atoms with Crippen LogP contribution in [0.3, 0.4) is 0 Å². The molecule has 0 bridgehead atoms. The molecule has 0 amide bonds. The standard InChI is InChI=1S/C16H16F3NO/c1-9-4-12(20-15(19)5-9)6-10(2)11-7-13(17)16(21-3)14(18)8-11/h4-5,7-8,10H,6H2,1-3H3. The number of aromatic nitrogens is 1. The van der Waals surface area contributed by atoms with E-state index in [2.05, 4.69) is 9.72 Å². The van der Waals surface area contributed by atoms with Gasteiger partial charge in [0.1, 0.15) is 0 Å². The van der Waals surface area contributed by atoms with Crippen molar-refractivity contribution in [2.24, 2.45) is 0 Å². The fourth-order valence-corrected chi connectivity index (χ4v) is 2.29. The highest BCUT2D eigenvalue weighted by molar-refractivity contribution is 5.33. The minimum Gasteiger partial charge on any atom is -0.491 e. The van der Waals surface area contributed by atoms with Gasteiger partial charge in [0.2, 0.25) is 5.95 Å². The average molecular weight is 295 g/mol. The highest BCUT2D eigenvalue weighted by Gasteiger charge is 2.16. The molecule has 5 heteroatoms. The van der Waals surface area contributed by atoms with Crippen molar-refractivity contribution >= 4 is 0 Å². The minimum absolute atomic E-state index is 0.200. The molecule has 0 N–H and O–H groups in total. The molecule has 0 radical (unpaired) electrons. The molecule has 1 unspecified atom stereocenters. The molecule has 1 aromatic carbocycles. The van der Waals surface area contributed by atoms with Crippen molar-refractivity contribution in [3.05, 3.63) is 58.7 Å². The second-order valence-electron chi connectivity index (χ2n) is 5.08. The molecule has 1 aromatic heterocycles. The fourth-order valence-electron chi connectivity index (χ4n) is 2.29. The highest BCUT2D eigenvalue weighted by atomic mass is 19.1. The van der Waals surface area contributed by atoms with Gasteiger partial charge in [-0.1, -0.05) is 6.92 Å². The maximum absolute atomic E-state index is 13.7. The van der Waals surface area contributed by atoms with E-state index >= 15 is 0 Å². The third-order valence-electron chi connectivity index (χ3n) is 3.30. The van der Waals surface area contributed by atoms with Crippen LogP contribution in [0.4, 0.5) is 13.2 Å². The lowest BCUT2D eigenvalue weighted by Gasteiger charge is -2.14. The van der Waals surface area contributed by atoms with Gasteiger partial charge >= 0.3 is 0 Å². The monoisotopic (exact) mass is 295 g/mol. The van der Waals surface area contributed by atoms with E-state index in [1.807, 2.05) is 6.92 Å². The zero-order valence-electron chi connectivity index (χ0n) is 12.1. The predicted octanol–water partition coefficient (Wildman–Crippen LogP) is 4.16. The largest absolute Gasteiger partial charge is 0.491 e. The number of halogens is 3. The van der Waals surface area contributed by atoms with Crippen LogP contribution in [-0.4, -0.2) is 12.1 Å². The van der Waals surface area contributed by atoms with Crippen molar-refractivity contribution in [1.82, 2.24) is 4.98 Å². The van der Waals surface area contributed by atoms with Gasteiger partial charge in [0.15, 0.2) is 17.4 Å². The van der Waals surface area contributed by atoms with Gasteiger partial charge in [0, 0.05) is 5.69 Å². The van der Waals surface area contributed by atoms with E-state index in [0.29, 0.717) is 17.7 Å². The van der Waals surface area contributed by atoms with Crippen LogP contribution in [-0.2, 0) is 6.42 Å². The number of pyridine rings is 1. The Kier molecular flexibility index (Phi) is 4.50. The maximum Gasteiger partial charge on any atom is 0.213 e. The second-order valence-corrected chi connectivity index (χ2v) is 5.08. The summed E-state index contributed by atoms with van der Waals surface area (Å²) in [5, 5.41) is 0. The first-order valence-electron chi connectivity index (χ1n) is 6.56. The molecule has 2 nitrogen and oxygen atoms in total. The second kappa shape index (κ2) is 6.16. The molecule has 1 atom stereocenters. The van der Waals surface area contributed by atoms with Crippen LogP contribution >= 0.6 is 0 Å². The number of methoxy groups -OCH3 is 1. The molecule has 0 saturated carbocycles. The zero-order valence-corrected chi connectivity index (χ0v) is 12.1. The first-order valence-corrected chi connectivity index (χ1v) is 6.56. The number of hydrogen-bond donors (Lipinski definition) is 0. The smallest absolute Gasteiger partial charge is 0.213 e. The van der Waals surface area contributed by atoms with Crippen LogP contribution in [0.5, 0.6) is 5.75 Å². The summed E-state index contributed by atoms with van der Waals surface area (Å²) in [5.74, 6) is -2.64. The molecule has 0 spiro atoms. The van der Waals surface area contributed by atoms with Crippen molar-refractivity contribution in [3.8, 4) is 5.75 Å². The third-order valence-corrected chi connectivity index (χ3v) is 3.30. The Morgan fingerprint density at radius 2 is 1.71 bits per heavy atom. The molecular weight excluding hydrogens is 279 g/mol. The Balaban J connectivity index is 2.26. The molecule has 2 aromatic rings. The molecule has 0 aliphatic carbocycles. The third kappa shape index (κ3) is 3.54. The summed E-state index contributed by atoms with van der Waals surface area (Å²) in [6, 6.07) is 5.56. The molecule has 2 rings (SSSR count). The Labute approximate surface area is 121 Å². The minimum atomic E-state index is -0.747. The van der Waals surface area contributed by atoms with Gasteiger partial charge in [0.25, 0.3) is 0 Å². The van der Waals surface area contributed by atoms with Crippen molar-refractivity contribution in [1.29, 1.82) is 0 Å². The van der Waals surface area contributed by atoms with Crippen LogP contribution in [0, 0.1) is 24.5 Å². The summed E-state index contributed by atoms with van der Waals surface area (Å²) >= 11 is 0. The van der Waals surface area contributed by atoms with Crippen LogP contribution < -0.4 is 4.74 Å². The van der Waals surface area contributed by atoms with E-state index in [4.69, 9.17) is 0 Å². The van der Waals surface area contributed by atoms with E-state index < -0.39 is 23.3 Å². The predicted molar refractivity (Wildman–Crippen MR) is 74.0 cm³/mol. The van der Waals surface area contributed by atoms with Crippen LogP contribution in [0.25, 0.3) is 0 Å². The average Bonchev–Trinajstić information content (AvgIpc) is 2.36. The Hall–Kier alpha value is -2.04. The van der Waals surface area contributed by atoms with E-state index in [-0.39, 0.29) is 5.92 Å². The van der Waals surface area contributed by atoms with Gasteiger partial charge in [-0.2, -0.15) is 4.39 Å². The molecule has 0 fully saturated rings. The van der Waals surface area contributed by atoms with Gasteiger partial charge in [-0.25, -0.2) is 13.8 Å². The molecule has 0 saturated heterocycles. The van der Waals surface area contributed by atoms with Gasteiger partial charge in [-0.3, -0.25) is 0 Å². The van der Waals surface area contributed by atoms with Crippen LogP contribution in [0.2, 0.25) is 0 Å². The summed E-state index contributed by atoms with van der Waals surface area (Å²) < 4.78 is 45.3. The molecule has 1 heterocycles. The van der Waals surface area contributed by atoms with Gasteiger partial charge in [-0.05, 0) is 54.7 Å². The Morgan fingerprint density at radius 1 is 1.10 bits per heavy atom. The van der Waals surface area contributed by atoms with E-state index in [9.17, 15) is 13.2 Å². The molecule has 0 aliphatic heterocycles. The summed E-state index contributed by atoms with van der Waals surface area (Å²) in [4.78, 5) is 3.80. The highest BCUT2D eigenvalue weighted by Crippen LogP contribution is 2.28. The molecular formula is C16H16F3NO. The lowest BCUT2D eigenvalue weighted by Crippen LogP contribution is -2.04. The number of benzene rings is 1. The number of aryl methyl sites for hydroxylation is 1. The Morgan fingerprint density at radius 3 is 2.24 bits per heavy atom. The number of ether oxygens (including phenoxy) is 1. The van der Waals surface area contributed by atoms with Crippen molar-refractivity contribution in [2.75, 3.05) is 7.11 Å². The van der Waals surface area contributed by atoms with Crippen molar-refractivity contribution in [2.45, 2.75) is 26.2 Å². The summed E-state index contributed by atoms with van der Waals surface area (Å²) in [6.45, 7) is 3.58. The van der Waals surface area contributed by atoms with Crippen molar-refractivity contribution < 1.29 is 17.9 Å². The number of nitrogens with zero attached hydrogens (tertiary/aromatic N) is 1. The van der Waals surface area contributed by atoms with Gasteiger partial charge in [-0.15, -0.1) is 0 Å². The summed E-state index contributed by atoms with van der Waals surface area (Å²) in [7, 11) is 1.21. The first-order chi connectivity index (χ1) is 9.90. The van der Waals surface area contributed by atoms with Crippen LogP contribution in [0.1, 0.15) is 29.7 Å². The van der Waals surface area contributed by atoms with Gasteiger partial charge < -0.3 is 4.74 Å². The normalized spacial score (nSPS) is 12.3. The quantitative estimate of drug-likeness (QED) is 0.790. The van der Waals surface area contributed by atoms with E-state index in [1.54, 1.807) is 13.0 Å². The Bertz CT molecular complexity index is 615. The molecule has 0 aliphatic rings. The summed E-state index contributed by atoms with van der Waals surface area (Å²) in [6.07, 6.45) is 0.393. The number of rotatable bonds is 4. The molecule has 21 heavy (non-hydrogen) atoms. The SMILES string of the molecule is COc1c(F)cc(C(C)Cc2cc(C)cc(F)n2)cc1F. The van der Waals surface area contributed by atoms with E-state index in [0.717, 1.165) is 5.56 Å².